The summed E-state index contributed by atoms with van der Waals surface area (Å²) >= 11 is 5.58. The van der Waals surface area contributed by atoms with E-state index in [9.17, 15) is 9.18 Å². The standard InChI is InChI=1S/C11H14ClFN2O/c1-2-7(6-14)15-11(16)8-4-3-5-9(12)10(8)13/h3-5,7H,2,6,14H2,1H3,(H,15,16). The minimum atomic E-state index is -0.700. The van der Waals surface area contributed by atoms with Crippen LogP contribution in [-0.2, 0) is 0 Å². The maximum atomic E-state index is 13.5. The molecule has 5 heteroatoms. The number of nitrogens with one attached hydrogen (secondary N) is 1. The van der Waals surface area contributed by atoms with Crippen LogP contribution in [0.25, 0.3) is 0 Å². The molecule has 3 nitrogen and oxygen atoms in total. The van der Waals surface area contributed by atoms with Crippen LogP contribution in [0.3, 0.4) is 0 Å². The van der Waals surface area contributed by atoms with Gasteiger partial charge >= 0.3 is 0 Å². The van der Waals surface area contributed by atoms with Gasteiger partial charge < -0.3 is 11.1 Å². The van der Waals surface area contributed by atoms with Crippen LogP contribution in [-0.4, -0.2) is 18.5 Å². The van der Waals surface area contributed by atoms with Gasteiger partial charge in [-0.25, -0.2) is 4.39 Å². The summed E-state index contributed by atoms with van der Waals surface area (Å²) in [5, 5.41) is 2.58. The molecule has 0 aliphatic heterocycles. The molecule has 1 aromatic rings. The predicted molar refractivity (Wildman–Crippen MR) is 62.0 cm³/mol. The van der Waals surface area contributed by atoms with Gasteiger partial charge in [-0.3, -0.25) is 4.79 Å². The normalized spacial score (nSPS) is 12.2. The number of nitrogens with two attached hydrogens (primary N) is 1. The van der Waals surface area contributed by atoms with Gasteiger partial charge in [0.05, 0.1) is 10.6 Å². The summed E-state index contributed by atoms with van der Waals surface area (Å²) in [4.78, 5) is 11.7. The fourth-order valence-electron chi connectivity index (χ4n) is 1.27. The highest BCUT2D eigenvalue weighted by Gasteiger charge is 2.16. The van der Waals surface area contributed by atoms with Crippen LogP contribution < -0.4 is 11.1 Å². The summed E-state index contributed by atoms with van der Waals surface area (Å²) < 4.78 is 13.5. The van der Waals surface area contributed by atoms with Crippen molar-refractivity contribution < 1.29 is 9.18 Å². The number of hydrogen-bond donors (Lipinski definition) is 2. The quantitative estimate of drug-likeness (QED) is 0.851. The maximum absolute atomic E-state index is 13.5. The van der Waals surface area contributed by atoms with Crippen molar-refractivity contribution in [2.45, 2.75) is 19.4 Å². The average Bonchev–Trinajstić information content (AvgIpc) is 2.29. The van der Waals surface area contributed by atoms with E-state index in [0.29, 0.717) is 13.0 Å². The number of carbonyl (C=O) groups is 1. The van der Waals surface area contributed by atoms with E-state index in [1.54, 1.807) is 0 Å². The number of carbonyl (C=O) groups excluding carboxylic acids is 1. The monoisotopic (exact) mass is 244 g/mol. The van der Waals surface area contributed by atoms with Crippen molar-refractivity contribution in [1.29, 1.82) is 0 Å². The van der Waals surface area contributed by atoms with Crippen molar-refractivity contribution in [3.05, 3.63) is 34.6 Å². The van der Waals surface area contributed by atoms with Gasteiger partial charge in [0.15, 0.2) is 5.82 Å². The topological polar surface area (TPSA) is 55.1 Å². The first-order valence-corrected chi connectivity index (χ1v) is 5.42. The Hall–Kier alpha value is -1.13. The van der Waals surface area contributed by atoms with Crippen molar-refractivity contribution >= 4 is 17.5 Å². The van der Waals surface area contributed by atoms with Gasteiger partial charge in [0.1, 0.15) is 0 Å². The Kier molecular flexibility index (Phi) is 4.71. The molecule has 1 unspecified atom stereocenters. The second kappa shape index (κ2) is 5.82. The Balaban J connectivity index is 2.84. The Morgan fingerprint density at radius 3 is 2.88 bits per heavy atom. The molecule has 0 spiro atoms. The second-order valence-electron chi connectivity index (χ2n) is 3.42. The van der Waals surface area contributed by atoms with E-state index >= 15 is 0 Å². The van der Waals surface area contributed by atoms with Crippen LogP contribution in [0.4, 0.5) is 4.39 Å². The lowest BCUT2D eigenvalue weighted by atomic mass is 10.1. The largest absolute Gasteiger partial charge is 0.348 e. The lowest BCUT2D eigenvalue weighted by Gasteiger charge is -2.14. The van der Waals surface area contributed by atoms with Crippen LogP contribution in [0.5, 0.6) is 0 Å². The van der Waals surface area contributed by atoms with E-state index in [1.807, 2.05) is 6.92 Å². The summed E-state index contributed by atoms with van der Waals surface area (Å²) in [7, 11) is 0. The van der Waals surface area contributed by atoms with E-state index in [4.69, 9.17) is 17.3 Å². The summed E-state index contributed by atoms with van der Waals surface area (Å²) in [5.74, 6) is -1.19. The molecule has 1 atom stereocenters. The van der Waals surface area contributed by atoms with Crippen LogP contribution in [0, 0.1) is 5.82 Å². The molecule has 0 aromatic heterocycles. The zero-order valence-corrected chi connectivity index (χ0v) is 9.72. The summed E-state index contributed by atoms with van der Waals surface area (Å²) in [6.07, 6.45) is 0.699. The zero-order valence-electron chi connectivity index (χ0n) is 8.97. The SMILES string of the molecule is CCC(CN)NC(=O)c1cccc(Cl)c1F. The molecule has 16 heavy (non-hydrogen) atoms. The third-order valence-corrected chi connectivity index (χ3v) is 2.60. The Labute approximate surface area is 98.8 Å². The van der Waals surface area contributed by atoms with Crippen molar-refractivity contribution in [1.82, 2.24) is 5.32 Å². The van der Waals surface area contributed by atoms with Gasteiger partial charge in [0.25, 0.3) is 5.91 Å². The molecule has 88 valence electrons. The average molecular weight is 245 g/mol. The summed E-state index contributed by atoms with van der Waals surface area (Å²) in [5.41, 5.74) is 5.39. The molecule has 3 N–H and O–H groups in total. The van der Waals surface area contributed by atoms with E-state index in [-0.39, 0.29) is 16.6 Å². The number of halogens is 2. The zero-order chi connectivity index (χ0) is 12.1. The lowest BCUT2D eigenvalue weighted by Crippen LogP contribution is -2.40. The highest BCUT2D eigenvalue weighted by atomic mass is 35.5. The fraction of sp³-hybridized carbons (Fsp3) is 0.364. The van der Waals surface area contributed by atoms with Crippen LogP contribution in [0.15, 0.2) is 18.2 Å². The molecule has 0 saturated carbocycles. The molecular weight excluding hydrogens is 231 g/mol. The molecule has 0 bridgehead atoms. The van der Waals surface area contributed by atoms with Crippen molar-refractivity contribution in [3.63, 3.8) is 0 Å². The van der Waals surface area contributed by atoms with Gasteiger partial charge in [0, 0.05) is 12.6 Å². The van der Waals surface area contributed by atoms with Gasteiger partial charge in [-0.2, -0.15) is 0 Å². The van der Waals surface area contributed by atoms with Crippen LogP contribution >= 0.6 is 11.6 Å². The highest BCUT2D eigenvalue weighted by molar-refractivity contribution is 6.31. The number of rotatable bonds is 4. The molecule has 0 saturated heterocycles. The first-order valence-electron chi connectivity index (χ1n) is 5.05. The Morgan fingerprint density at radius 2 is 2.31 bits per heavy atom. The minimum absolute atomic E-state index is 0.0561. The van der Waals surface area contributed by atoms with Crippen LogP contribution in [0.1, 0.15) is 23.7 Å². The molecule has 0 fully saturated rings. The second-order valence-corrected chi connectivity index (χ2v) is 3.82. The fourth-order valence-corrected chi connectivity index (χ4v) is 1.44. The number of amides is 1. The third-order valence-electron chi connectivity index (χ3n) is 2.31. The van der Waals surface area contributed by atoms with Crippen LogP contribution in [0.2, 0.25) is 5.02 Å². The summed E-state index contributed by atoms with van der Waals surface area (Å²) in [6.45, 7) is 2.22. The maximum Gasteiger partial charge on any atom is 0.254 e. The molecule has 1 amide bonds. The number of benzene rings is 1. The van der Waals surface area contributed by atoms with E-state index in [0.717, 1.165) is 0 Å². The molecule has 0 radical (unpaired) electrons. The smallest absolute Gasteiger partial charge is 0.254 e. The third kappa shape index (κ3) is 2.93. The molecule has 1 aromatic carbocycles. The first kappa shape index (κ1) is 12.9. The Morgan fingerprint density at radius 1 is 1.62 bits per heavy atom. The van der Waals surface area contributed by atoms with Crippen molar-refractivity contribution in [2.24, 2.45) is 5.73 Å². The minimum Gasteiger partial charge on any atom is -0.348 e. The lowest BCUT2D eigenvalue weighted by molar-refractivity contribution is 0.0933. The van der Waals surface area contributed by atoms with Crippen molar-refractivity contribution in [2.75, 3.05) is 6.54 Å². The van der Waals surface area contributed by atoms with Gasteiger partial charge in [-0.1, -0.05) is 24.6 Å². The number of hydrogen-bond acceptors (Lipinski definition) is 2. The van der Waals surface area contributed by atoms with E-state index < -0.39 is 11.7 Å². The predicted octanol–water partition coefficient (Wildman–Crippen LogP) is 1.95. The van der Waals surface area contributed by atoms with Gasteiger partial charge in [-0.15, -0.1) is 0 Å². The van der Waals surface area contributed by atoms with Crippen molar-refractivity contribution in [3.8, 4) is 0 Å². The highest BCUT2D eigenvalue weighted by Crippen LogP contribution is 2.17. The molecular formula is C11H14ClFN2O. The van der Waals surface area contributed by atoms with E-state index in [1.165, 1.54) is 18.2 Å². The molecule has 0 aliphatic carbocycles. The van der Waals surface area contributed by atoms with Gasteiger partial charge in [-0.05, 0) is 18.6 Å². The molecule has 0 heterocycles. The van der Waals surface area contributed by atoms with E-state index in [2.05, 4.69) is 5.32 Å². The molecule has 1 rings (SSSR count). The van der Waals surface area contributed by atoms with Gasteiger partial charge in [0.2, 0.25) is 0 Å². The Bertz CT molecular complexity index is 380. The summed E-state index contributed by atoms with van der Waals surface area (Å²) in [6, 6.07) is 4.17. The molecule has 0 aliphatic rings. The first-order chi connectivity index (χ1) is 7.60.